The standard InChI is InChI=1S/C16H23O4P/c1-13-6-8-14(9-7-13)16(10-4-5-11-16)15(17)12-21(18,19-2)20-3/h6-9H,4-5,10-12H2,1-3H3. The van der Waals surface area contributed by atoms with Gasteiger partial charge in [-0.2, -0.15) is 0 Å². The predicted molar refractivity (Wildman–Crippen MR) is 82.8 cm³/mol. The summed E-state index contributed by atoms with van der Waals surface area (Å²) in [6.07, 6.45) is 3.49. The third-order valence-corrected chi connectivity index (χ3v) is 6.28. The van der Waals surface area contributed by atoms with Crippen molar-refractivity contribution in [2.75, 3.05) is 20.4 Å². The van der Waals surface area contributed by atoms with Gasteiger partial charge >= 0.3 is 7.60 Å². The van der Waals surface area contributed by atoms with Gasteiger partial charge in [-0.25, -0.2) is 0 Å². The highest BCUT2D eigenvalue weighted by Crippen LogP contribution is 2.50. The molecule has 1 aromatic rings. The number of carbonyl (C=O) groups is 1. The average molecular weight is 310 g/mol. The van der Waals surface area contributed by atoms with E-state index in [0.717, 1.165) is 31.2 Å². The molecular formula is C16H23O4P. The quantitative estimate of drug-likeness (QED) is 0.749. The van der Waals surface area contributed by atoms with E-state index in [1.165, 1.54) is 19.8 Å². The SMILES string of the molecule is COP(=O)(CC(=O)C1(c2ccc(C)cc2)CCCC1)OC. The summed E-state index contributed by atoms with van der Waals surface area (Å²) < 4.78 is 22.1. The molecule has 1 saturated carbocycles. The molecule has 21 heavy (non-hydrogen) atoms. The van der Waals surface area contributed by atoms with Crippen LogP contribution in [0, 0.1) is 6.92 Å². The highest BCUT2D eigenvalue weighted by atomic mass is 31.2. The first kappa shape index (κ1) is 16.4. The Morgan fingerprint density at radius 3 is 2.14 bits per heavy atom. The van der Waals surface area contributed by atoms with Crippen molar-refractivity contribution in [3.8, 4) is 0 Å². The lowest BCUT2D eigenvalue weighted by Gasteiger charge is -2.29. The molecule has 2 rings (SSSR count). The molecule has 0 aromatic heterocycles. The summed E-state index contributed by atoms with van der Waals surface area (Å²) in [5, 5.41) is 0. The van der Waals surface area contributed by atoms with Crippen molar-refractivity contribution >= 4 is 13.4 Å². The molecule has 0 atom stereocenters. The van der Waals surface area contributed by atoms with Crippen LogP contribution in [0.2, 0.25) is 0 Å². The molecule has 0 N–H and O–H groups in total. The van der Waals surface area contributed by atoms with Crippen LogP contribution in [-0.2, 0) is 23.8 Å². The van der Waals surface area contributed by atoms with Crippen molar-refractivity contribution in [2.45, 2.75) is 38.0 Å². The minimum absolute atomic E-state index is 0.0316. The zero-order valence-corrected chi connectivity index (χ0v) is 13.8. The molecule has 0 radical (unpaired) electrons. The van der Waals surface area contributed by atoms with E-state index in [-0.39, 0.29) is 11.9 Å². The second-order valence-corrected chi connectivity index (χ2v) is 7.98. The molecule has 1 fully saturated rings. The maximum Gasteiger partial charge on any atom is 0.337 e. The van der Waals surface area contributed by atoms with Crippen LogP contribution in [0.4, 0.5) is 0 Å². The number of Topliss-reactive ketones (excluding diaryl/α,β-unsaturated/α-hetero) is 1. The van der Waals surface area contributed by atoms with E-state index in [0.29, 0.717) is 0 Å². The predicted octanol–water partition coefficient (Wildman–Crippen LogP) is 3.86. The van der Waals surface area contributed by atoms with Crippen molar-refractivity contribution in [2.24, 2.45) is 0 Å². The summed E-state index contributed by atoms with van der Waals surface area (Å²) in [7, 11) is -0.663. The van der Waals surface area contributed by atoms with Gasteiger partial charge in [0.15, 0.2) is 5.78 Å². The van der Waals surface area contributed by atoms with Gasteiger partial charge in [0.25, 0.3) is 0 Å². The minimum Gasteiger partial charge on any atom is -0.312 e. The van der Waals surface area contributed by atoms with Gasteiger partial charge in [-0.15, -0.1) is 0 Å². The number of ketones is 1. The van der Waals surface area contributed by atoms with Crippen molar-refractivity contribution < 1.29 is 18.4 Å². The second kappa shape index (κ2) is 6.43. The van der Waals surface area contributed by atoms with Gasteiger partial charge in [0.1, 0.15) is 6.16 Å². The van der Waals surface area contributed by atoms with Crippen molar-refractivity contribution in [3.63, 3.8) is 0 Å². The molecule has 1 aromatic carbocycles. The van der Waals surface area contributed by atoms with E-state index >= 15 is 0 Å². The lowest BCUT2D eigenvalue weighted by atomic mass is 9.75. The maximum absolute atomic E-state index is 12.9. The van der Waals surface area contributed by atoms with E-state index in [2.05, 4.69) is 0 Å². The molecule has 0 aliphatic heterocycles. The Bertz CT molecular complexity index is 536. The van der Waals surface area contributed by atoms with Crippen LogP contribution < -0.4 is 0 Å². The first-order chi connectivity index (χ1) is 9.96. The number of hydrogen-bond acceptors (Lipinski definition) is 4. The van der Waals surface area contributed by atoms with Crippen LogP contribution in [0.5, 0.6) is 0 Å². The highest BCUT2D eigenvalue weighted by molar-refractivity contribution is 7.54. The maximum atomic E-state index is 12.9. The molecule has 0 bridgehead atoms. The Morgan fingerprint density at radius 2 is 1.67 bits per heavy atom. The topological polar surface area (TPSA) is 52.6 Å². The van der Waals surface area contributed by atoms with Gasteiger partial charge in [0.05, 0.1) is 5.41 Å². The minimum atomic E-state index is -3.31. The second-order valence-electron chi connectivity index (χ2n) is 5.71. The van der Waals surface area contributed by atoms with Crippen LogP contribution >= 0.6 is 7.60 Å². The Labute approximate surface area is 126 Å². The molecule has 5 heteroatoms. The summed E-state index contributed by atoms with van der Waals surface area (Å²) in [6.45, 7) is 2.02. The van der Waals surface area contributed by atoms with Crippen LogP contribution in [0.25, 0.3) is 0 Å². The lowest BCUT2D eigenvalue weighted by Crippen LogP contribution is -2.35. The van der Waals surface area contributed by atoms with Gasteiger partial charge in [-0.3, -0.25) is 9.36 Å². The third kappa shape index (κ3) is 3.28. The fourth-order valence-corrected chi connectivity index (χ4v) is 4.17. The number of hydrogen-bond donors (Lipinski definition) is 0. The first-order valence-corrected chi connectivity index (χ1v) is 8.99. The molecule has 4 nitrogen and oxygen atoms in total. The monoisotopic (exact) mass is 310 g/mol. The fraction of sp³-hybridized carbons (Fsp3) is 0.562. The highest BCUT2D eigenvalue weighted by Gasteiger charge is 2.45. The van der Waals surface area contributed by atoms with E-state index in [9.17, 15) is 9.36 Å². The van der Waals surface area contributed by atoms with E-state index in [1.807, 2.05) is 31.2 Å². The van der Waals surface area contributed by atoms with Crippen LogP contribution in [0.3, 0.4) is 0 Å². The summed E-state index contributed by atoms with van der Waals surface area (Å²) in [6, 6.07) is 8.08. The average Bonchev–Trinajstić information content (AvgIpc) is 2.98. The van der Waals surface area contributed by atoms with Crippen LogP contribution in [-0.4, -0.2) is 26.2 Å². The third-order valence-electron chi connectivity index (χ3n) is 4.49. The zero-order chi connectivity index (χ0) is 15.5. The van der Waals surface area contributed by atoms with Gasteiger partial charge in [0.2, 0.25) is 0 Å². The molecule has 116 valence electrons. The van der Waals surface area contributed by atoms with Crippen molar-refractivity contribution in [3.05, 3.63) is 35.4 Å². The largest absolute Gasteiger partial charge is 0.337 e. The molecule has 1 aliphatic carbocycles. The van der Waals surface area contributed by atoms with Gasteiger partial charge in [-0.05, 0) is 25.3 Å². The Kier molecular flexibility index (Phi) is 5.03. The van der Waals surface area contributed by atoms with E-state index in [4.69, 9.17) is 9.05 Å². The molecule has 0 spiro atoms. The molecule has 0 amide bonds. The molecule has 0 unspecified atom stereocenters. The number of carbonyl (C=O) groups excluding carboxylic acids is 1. The van der Waals surface area contributed by atoms with Gasteiger partial charge < -0.3 is 9.05 Å². The van der Waals surface area contributed by atoms with Crippen LogP contribution in [0.1, 0.15) is 36.8 Å². The zero-order valence-electron chi connectivity index (χ0n) is 12.9. The smallest absolute Gasteiger partial charge is 0.312 e. The summed E-state index contributed by atoms with van der Waals surface area (Å²) in [5.41, 5.74) is 1.66. The van der Waals surface area contributed by atoms with E-state index in [1.54, 1.807) is 0 Å². The Balaban J connectivity index is 2.32. The molecule has 0 saturated heterocycles. The summed E-state index contributed by atoms with van der Waals surface area (Å²) in [4.78, 5) is 12.9. The Hall–Kier alpha value is -0.960. The first-order valence-electron chi connectivity index (χ1n) is 7.27. The number of rotatable bonds is 6. The molecule has 0 heterocycles. The number of benzene rings is 1. The van der Waals surface area contributed by atoms with Gasteiger partial charge in [-0.1, -0.05) is 42.7 Å². The molecule has 1 aliphatic rings. The normalized spacial score (nSPS) is 17.9. The summed E-state index contributed by atoms with van der Waals surface area (Å²) in [5.74, 6) is -0.0316. The Morgan fingerprint density at radius 1 is 1.14 bits per heavy atom. The summed E-state index contributed by atoms with van der Waals surface area (Å²) >= 11 is 0. The number of aryl methyl sites for hydroxylation is 1. The van der Waals surface area contributed by atoms with Crippen molar-refractivity contribution in [1.29, 1.82) is 0 Å². The van der Waals surface area contributed by atoms with Crippen LogP contribution in [0.15, 0.2) is 24.3 Å². The molecular weight excluding hydrogens is 287 g/mol. The van der Waals surface area contributed by atoms with Gasteiger partial charge in [0, 0.05) is 14.2 Å². The fourth-order valence-electron chi connectivity index (χ4n) is 3.11. The lowest BCUT2D eigenvalue weighted by molar-refractivity contribution is -0.122. The van der Waals surface area contributed by atoms with E-state index < -0.39 is 13.0 Å². The van der Waals surface area contributed by atoms with Crippen molar-refractivity contribution in [1.82, 2.24) is 0 Å².